The normalized spacial score (nSPS) is 19.5. The lowest BCUT2D eigenvalue weighted by Crippen LogP contribution is -2.48. The molecule has 1 amide bonds. The summed E-state index contributed by atoms with van der Waals surface area (Å²) in [6.07, 6.45) is 1.31. The molecular weight excluding hydrogens is 271 g/mol. The molecule has 1 saturated heterocycles. The number of hydrogen-bond donors (Lipinski definition) is 1. The van der Waals surface area contributed by atoms with Gasteiger partial charge in [0.1, 0.15) is 0 Å². The van der Waals surface area contributed by atoms with Crippen LogP contribution in [-0.4, -0.2) is 34.1 Å². The van der Waals surface area contributed by atoms with Gasteiger partial charge in [-0.25, -0.2) is 13.2 Å². The van der Waals surface area contributed by atoms with Gasteiger partial charge in [-0.3, -0.25) is 4.79 Å². The van der Waals surface area contributed by atoms with Crippen LogP contribution in [-0.2, 0) is 0 Å². The van der Waals surface area contributed by atoms with E-state index in [1.807, 2.05) is 0 Å². The minimum absolute atomic E-state index is 0.252. The molecule has 0 radical (unpaired) electrons. The molecule has 1 unspecified atom stereocenters. The van der Waals surface area contributed by atoms with E-state index in [0.29, 0.717) is 31.5 Å². The van der Waals surface area contributed by atoms with E-state index >= 15 is 0 Å². The second-order valence-electron chi connectivity index (χ2n) is 5.56. The zero-order valence-electron chi connectivity index (χ0n) is 11.3. The number of likely N-dealkylation sites (tertiary alicyclic amines) is 1. The van der Waals surface area contributed by atoms with Crippen LogP contribution in [0.1, 0.15) is 37.0 Å². The summed E-state index contributed by atoms with van der Waals surface area (Å²) in [5, 5.41) is 10.0. The Hall–Kier alpha value is -1.56. The van der Waals surface area contributed by atoms with Crippen molar-refractivity contribution in [3.05, 3.63) is 35.1 Å². The Balaban J connectivity index is 2.32. The number of hydrogen-bond acceptors (Lipinski definition) is 2. The SMILES string of the molecule is CC(C)(O)C1CCCN1C(=O)c1cc(F)c(F)c(F)c1. The highest BCUT2D eigenvalue weighted by molar-refractivity contribution is 5.94. The number of benzene rings is 1. The molecule has 1 atom stereocenters. The fourth-order valence-electron chi connectivity index (χ4n) is 2.59. The summed E-state index contributed by atoms with van der Waals surface area (Å²) in [5.74, 6) is -4.99. The maximum atomic E-state index is 13.2. The summed E-state index contributed by atoms with van der Waals surface area (Å²) in [4.78, 5) is 13.7. The Bertz CT molecular complexity index is 517. The van der Waals surface area contributed by atoms with Crippen molar-refractivity contribution in [3.63, 3.8) is 0 Å². The molecule has 1 heterocycles. The van der Waals surface area contributed by atoms with Crippen molar-refractivity contribution >= 4 is 5.91 Å². The van der Waals surface area contributed by atoms with Crippen LogP contribution in [0, 0.1) is 17.5 Å². The van der Waals surface area contributed by atoms with Crippen LogP contribution in [0.2, 0.25) is 0 Å². The molecule has 0 saturated carbocycles. The van der Waals surface area contributed by atoms with Crippen LogP contribution in [0.4, 0.5) is 13.2 Å². The van der Waals surface area contributed by atoms with Gasteiger partial charge in [0.25, 0.3) is 5.91 Å². The molecule has 0 spiro atoms. The minimum atomic E-state index is -1.60. The van der Waals surface area contributed by atoms with Crippen LogP contribution in [0.3, 0.4) is 0 Å². The molecule has 1 aliphatic rings. The van der Waals surface area contributed by atoms with Crippen LogP contribution in [0.5, 0.6) is 0 Å². The lowest BCUT2D eigenvalue weighted by Gasteiger charge is -2.33. The van der Waals surface area contributed by atoms with Crippen molar-refractivity contribution in [2.45, 2.75) is 38.3 Å². The molecule has 110 valence electrons. The Kier molecular flexibility index (Phi) is 3.77. The number of halogens is 3. The molecule has 2 rings (SSSR count). The van der Waals surface area contributed by atoms with Gasteiger partial charge < -0.3 is 10.0 Å². The number of rotatable bonds is 2. The minimum Gasteiger partial charge on any atom is -0.388 e. The molecule has 1 N–H and O–H groups in total. The van der Waals surface area contributed by atoms with Crippen molar-refractivity contribution in [2.24, 2.45) is 0 Å². The van der Waals surface area contributed by atoms with Crippen LogP contribution in [0.25, 0.3) is 0 Å². The van der Waals surface area contributed by atoms with Crippen LogP contribution < -0.4 is 0 Å². The second kappa shape index (κ2) is 5.09. The Labute approximate surface area is 115 Å². The van der Waals surface area contributed by atoms with E-state index in [0.717, 1.165) is 0 Å². The highest BCUT2D eigenvalue weighted by atomic mass is 19.2. The van der Waals surface area contributed by atoms with Gasteiger partial charge in [0.15, 0.2) is 17.5 Å². The molecule has 1 fully saturated rings. The molecule has 0 bridgehead atoms. The fourth-order valence-corrected chi connectivity index (χ4v) is 2.59. The molecule has 0 aliphatic carbocycles. The van der Waals surface area contributed by atoms with Gasteiger partial charge in [-0.1, -0.05) is 0 Å². The van der Waals surface area contributed by atoms with Gasteiger partial charge in [-0.05, 0) is 38.8 Å². The lowest BCUT2D eigenvalue weighted by atomic mass is 9.96. The van der Waals surface area contributed by atoms with Crippen molar-refractivity contribution in [3.8, 4) is 0 Å². The van der Waals surface area contributed by atoms with Crippen LogP contribution >= 0.6 is 0 Å². The molecule has 6 heteroatoms. The van der Waals surface area contributed by atoms with E-state index in [1.165, 1.54) is 4.90 Å². The molecular formula is C14H16F3NO2. The largest absolute Gasteiger partial charge is 0.388 e. The summed E-state index contributed by atoms with van der Waals surface area (Å²) < 4.78 is 39.3. The molecule has 0 aromatic heterocycles. The van der Waals surface area contributed by atoms with E-state index in [4.69, 9.17) is 0 Å². The number of amides is 1. The third-order valence-electron chi connectivity index (χ3n) is 3.56. The smallest absolute Gasteiger partial charge is 0.254 e. The van der Waals surface area contributed by atoms with Crippen molar-refractivity contribution in [1.29, 1.82) is 0 Å². The van der Waals surface area contributed by atoms with Crippen molar-refractivity contribution in [1.82, 2.24) is 4.90 Å². The predicted octanol–water partition coefficient (Wildman–Crippen LogP) is 2.48. The molecule has 3 nitrogen and oxygen atoms in total. The van der Waals surface area contributed by atoms with Crippen molar-refractivity contribution < 1.29 is 23.1 Å². The highest BCUT2D eigenvalue weighted by Gasteiger charge is 2.39. The Morgan fingerprint density at radius 2 is 1.85 bits per heavy atom. The summed E-state index contributed by atoms with van der Waals surface area (Å²) in [7, 11) is 0. The average Bonchev–Trinajstić information content (AvgIpc) is 2.83. The second-order valence-corrected chi connectivity index (χ2v) is 5.56. The first-order chi connectivity index (χ1) is 9.21. The summed E-state index contributed by atoms with van der Waals surface area (Å²) >= 11 is 0. The molecule has 1 aromatic carbocycles. The zero-order chi connectivity index (χ0) is 15.1. The molecule has 1 aromatic rings. The maximum absolute atomic E-state index is 13.2. The van der Waals surface area contributed by atoms with E-state index in [9.17, 15) is 23.1 Å². The monoisotopic (exact) mass is 287 g/mol. The first-order valence-electron chi connectivity index (χ1n) is 6.39. The predicted molar refractivity (Wildman–Crippen MR) is 66.7 cm³/mol. The molecule has 20 heavy (non-hydrogen) atoms. The lowest BCUT2D eigenvalue weighted by molar-refractivity contribution is 0.000302. The first-order valence-corrected chi connectivity index (χ1v) is 6.39. The van der Waals surface area contributed by atoms with E-state index in [2.05, 4.69) is 0 Å². The topological polar surface area (TPSA) is 40.5 Å². The van der Waals surface area contributed by atoms with Gasteiger partial charge in [-0.2, -0.15) is 0 Å². The quantitative estimate of drug-likeness (QED) is 0.849. The highest BCUT2D eigenvalue weighted by Crippen LogP contribution is 2.28. The number of carbonyl (C=O) groups is 1. The third kappa shape index (κ3) is 2.65. The van der Waals surface area contributed by atoms with Gasteiger partial charge >= 0.3 is 0 Å². The van der Waals surface area contributed by atoms with Gasteiger partial charge in [0.05, 0.1) is 11.6 Å². The van der Waals surface area contributed by atoms with E-state index in [1.54, 1.807) is 13.8 Å². The zero-order valence-corrected chi connectivity index (χ0v) is 11.3. The van der Waals surface area contributed by atoms with Gasteiger partial charge in [0, 0.05) is 12.1 Å². The summed E-state index contributed by atoms with van der Waals surface area (Å²) in [5.41, 5.74) is -1.36. The van der Waals surface area contributed by atoms with Crippen molar-refractivity contribution in [2.75, 3.05) is 6.54 Å². The number of carbonyl (C=O) groups excluding carboxylic acids is 1. The maximum Gasteiger partial charge on any atom is 0.254 e. The van der Waals surface area contributed by atoms with Crippen LogP contribution in [0.15, 0.2) is 12.1 Å². The number of aliphatic hydroxyl groups is 1. The summed E-state index contributed by atoms with van der Waals surface area (Å²) in [6.45, 7) is 3.55. The van der Waals surface area contributed by atoms with Gasteiger partial charge in [-0.15, -0.1) is 0 Å². The Morgan fingerprint density at radius 1 is 1.30 bits per heavy atom. The number of nitrogens with zero attached hydrogens (tertiary/aromatic N) is 1. The molecule has 1 aliphatic heterocycles. The van der Waals surface area contributed by atoms with E-state index < -0.39 is 35.0 Å². The van der Waals surface area contributed by atoms with E-state index in [-0.39, 0.29) is 5.56 Å². The fraction of sp³-hybridized carbons (Fsp3) is 0.500. The summed E-state index contributed by atoms with van der Waals surface area (Å²) in [6, 6.07) is 0.937. The standard InChI is InChI=1S/C14H16F3NO2/c1-14(2,20)11-4-3-5-18(11)13(19)8-6-9(15)12(17)10(16)7-8/h6-7,11,20H,3-5H2,1-2H3. The first kappa shape index (κ1) is 14.8. The Morgan fingerprint density at radius 3 is 2.35 bits per heavy atom. The average molecular weight is 287 g/mol. The third-order valence-corrected chi connectivity index (χ3v) is 3.56. The van der Waals surface area contributed by atoms with Gasteiger partial charge in [0.2, 0.25) is 0 Å².